The molecule has 27 heavy (non-hydrogen) atoms. The quantitative estimate of drug-likeness (QED) is 0.788. The molecule has 1 saturated heterocycles. The predicted molar refractivity (Wildman–Crippen MR) is 106 cm³/mol. The Labute approximate surface area is 161 Å². The van der Waals surface area contributed by atoms with Gasteiger partial charge in [-0.3, -0.25) is 4.79 Å². The molecule has 1 amide bonds. The van der Waals surface area contributed by atoms with Crippen molar-refractivity contribution in [2.75, 3.05) is 13.7 Å². The fourth-order valence-electron chi connectivity index (χ4n) is 5.63. The van der Waals surface area contributed by atoms with E-state index < -0.39 is 0 Å². The van der Waals surface area contributed by atoms with Crippen molar-refractivity contribution in [2.45, 2.75) is 43.6 Å². The van der Waals surface area contributed by atoms with Gasteiger partial charge in [-0.15, -0.1) is 0 Å². The number of hydrogen-bond donors (Lipinski definition) is 0. The van der Waals surface area contributed by atoms with Crippen LogP contribution in [0.2, 0.25) is 0 Å². The van der Waals surface area contributed by atoms with Crippen LogP contribution in [0.4, 0.5) is 0 Å². The molecule has 3 nitrogen and oxygen atoms in total. The fraction of sp³-hybridized carbons (Fsp3) is 0.458. The molecular weight excluding hydrogens is 334 g/mol. The van der Waals surface area contributed by atoms with Gasteiger partial charge in [0.1, 0.15) is 5.75 Å². The van der Waals surface area contributed by atoms with Crippen molar-refractivity contribution in [3.8, 4) is 5.75 Å². The maximum absolute atomic E-state index is 13.5. The van der Waals surface area contributed by atoms with Crippen LogP contribution in [0.25, 0.3) is 0 Å². The van der Waals surface area contributed by atoms with Crippen LogP contribution < -0.4 is 4.74 Å². The predicted octanol–water partition coefficient (Wildman–Crippen LogP) is 4.73. The molecule has 0 N–H and O–H groups in total. The zero-order valence-electron chi connectivity index (χ0n) is 15.9. The highest BCUT2D eigenvalue weighted by Crippen LogP contribution is 2.58. The Morgan fingerprint density at radius 1 is 1.07 bits per heavy atom. The number of carbonyl (C=O) groups excluding carboxylic acids is 1. The number of nitrogens with zero attached hydrogens (tertiary/aromatic N) is 1. The van der Waals surface area contributed by atoms with E-state index >= 15 is 0 Å². The fourth-order valence-corrected chi connectivity index (χ4v) is 5.63. The summed E-state index contributed by atoms with van der Waals surface area (Å²) in [4.78, 5) is 15.7. The van der Waals surface area contributed by atoms with E-state index in [-0.39, 0.29) is 11.5 Å². The third-order valence-corrected chi connectivity index (χ3v) is 7.11. The number of hydrogen-bond acceptors (Lipinski definition) is 2. The van der Waals surface area contributed by atoms with Gasteiger partial charge in [0.25, 0.3) is 0 Å². The molecule has 3 fully saturated rings. The van der Waals surface area contributed by atoms with Crippen molar-refractivity contribution >= 4 is 5.91 Å². The van der Waals surface area contributed by atoms with E-state index in [2.05, 4.69) is 41.3 Å². The van der Waals surface area contributed by atoms with E-state index in [1.807, 2.05) is 18.2 Å². The summed E-state index contributed by atoms with van der Waals surface area (Å²) in [5, 5.41) is 0. The van der Waals surface area contributed by atoms with E-state index in [9.17, 15) is 4.79 Å². The Kier molecular flexibility index (Phi) is 3.99. The highest BCUT2D eigenvalue weighted by atomic mass is 16.5. The molecule has 2 saturated carbocycles. The van der Waals surface area contributed by atoms with Crippen LogP contribution in [-0.4, -0.2) is 24.5 Å². The molecular formula is C24H27NO2. The second kappa shape index (κ2) is 6.40. The third-order valence-electron chi connectivity index (χ3n) is 7.11. The van der Waals surface area contributed by atoms with Gasteiger partial charge >= 0.3 is 0 Å². The first kappa shape index (κ1) is 16.9. The van der Waals surface area contributed by atoms with Crippen LogP contribution in [0.15, 0.2) is 54.6 Å². The zero-order valence-corrected chi connectivity index (χ0v) is 15.9. The van der Waals surface area contributed by atoms with E-state index in [4.69, 9.17) is 4.74 Å². The summed E-state index contributed by atoms with van der Waals surface area (Å²) in [6.45, 7) is 0.933. The number of benzene rings is 2. The Balaban J connectivity index is 1.41. The molecule has 0 aromatic heterocycles. The van der Waals surface area contributed by atoms with Crippen molar-refractivity contribution in [3.05, 3.63) is 65.7 Å². The van der Waals surface area contributed by atoms with E-state index in [1.54, 1.807) is 7.11 Å². The van der Waals surface area contributed by atoms with Crippen LogP contribution >= 0.6 is 0 Å². The summed E-state index contributed by atoms with van der Waals surface area (Å²) in [6, 6.07) is 18.9. The average Bonchev–Trinajstić information content (AvgIpc) is 3.50. The first-order valence-corrected chi connectivity index (χ1v) is 10.3. The summed E-state index contributed by atoms with van der Waals surface area (Å²) in [5.74, 6) is 2.32. The van der Waals surface area contributed by atoms with E-state index in [1.165, 1.54) is 30.4 Å². The number of carbonyl (C=O) groups is 1. The van der Waals surface area contributed by atoms with Crippen molar-refractivity contribution in [3.63, 3.8) is 0 Å². The lowest BCUT2D eigenvalue weighted by Gasteiger charge is -2.61. The lowest BCUT2D eigenvalue weighted by atomic mass is 9.61. The third kappa shape index (κ3) is 2.51. The van der Waals surface area contributed by atoms with Crippen LogP contribution in [-0.2, 0) is 10.3 Å². The number of fused-ring (bicyclic) bond motifs is 1. The molecule has 0 bridgehead atoms. The standard InChI is InChI=1S/C24H27NO2/c1-27-22-13-6-5-12-19(22)20-15-21(20)23(26)25-16-18-11-7-8-14-24(18,25)17-9-3-2-4-10-17/h2-6,9-10,12-13,18,20-21H,7-8,11,14-16H2,1H3/t18-,20-,21-,24-/m0/s1. The normalized spacial score (nSPS) is 31.6. The number of likely N-dealkylation sites (tertiary alicyclic amines) is 1. The van der Waals surface area contributed by atoms with E-state index in [0.29, 0.717) is 17.7 Å². The molecule has 0 unspecified atom stereocenters. The molecule has 2 aromatic rings. The topological polar surface area (TPSA) is 29.5 Å². The molecule has 5 rings (SSSR count). The lowest BCUT2D eigenvalue weighted by molar-refractivity contribution is -0.168. The molecule has 2 aromatic carbocycles. The maximum atomic E-state index is 13.5. The summed E-state index contributed by atoms with van der Waals surface area (Å²) in [6.07, 6.45) is 5.83. The van der Waals surface area contributed by atoms with Crippen molar-refractivity contribution in [1.29, 1.82) is 0 Å². The van der Waals surface area contributed by atoms with Crippen LogP contribution in [0.3, 0.4) is 0 Å². The summed E-state index contributed by atoms with van der Waals surface area (Å²) in [5.41, 5.74) is 2.47. The smallest absolute Gasteiger partial charge is 0.227 e. The molecule has 3 heteroatoms. The van der Waals surface area contributed by atoms with Gasteiger partial charge in [-0.05, 0) is 42.4 Å². The van der Waals surface area contributed by atoms with Gasteiger partial charge in [-0.25, -0.2) is 0 Å². The van der Waals surface area contributed by atoms with Crippen molar-refractivity contribution < 1.29 is 9.53 Å². The van der Waals surface area contributed by atoms with Gasteiger partial charge in [0, 0.05) is 18.4 Å². The summed E-state index contributed by atoms with van der Waals surface area (Å²) in [7, 11) is 1.71. The Bertz CT molecular complexity index is 848. The van der Waals surface area contributed by atoms with Crippen LogP contribution in [0, 0.1) is 11.8 Å². The number of methoxy groups -OCH3 is 1. The first-order chi connectivity index (χ1) is 13.3. The second-order valence-corrected chi connectivity index (χ2v) is 8.37. The minimum Gasteiger partial charge on any atom is -0.496 e. The molecule has 1 heterocycles. The SMILES string of the molecule is COc1ccccc1[C@@H]1C[C@@H]1C(=O)N1C[C@@H]2CCCC[C@]21c1ccccc1. The zero-order chi connectivity index (χ0) is 18.4. The van der Waals surface area contributed by atoms with Crippen molar-refractivity contribution in [1.82, 2.24) is 4.90 Å². The summed E-state index contributed by atoms with van der Waals surface area (Å²) < 4.78 is 5.53. The monoisotopic (exact) mass is 361 g/mol. The summed E-state index contributed by atoms with van der Waals surface area (Å²) >= 11 is 0. The van der Waals surface area contributed by atoms with Gasteiger partial charge in [0.15, 0.2) is 0 Å². The number of ether oxygens (including phenoxy) is 1. The Morgan fingerprint density at radius 2 is 1.85 bits per heavy atom. The van der Waals surface area contributed by atoms with Crippen molar-refractivity contribution in [2.24, 2.45) is 11.8 Å². The molecule has 140 valence electrons. The van der Waals surface area contributed by atoms with Gasteiger partial charge in [0.2, 0.25) is 5.91 Å². The minimum absolute atomic E-state index is 0.0511. The van der Waals surface area contributed by atoms with Crippen LogP contribution in [0.5, 0.6) is 5.75 Å². The Morgan fingerprint density at radius 3 is 2.63 bits per heavy atom. The number of para-hydroxylation sites is 1. The molecule has 1 aliphatic heterocycles. The first-order valence-electron chi connectivity index (χ1n) is 10.3. The van der Waals surface area contributed by atoms with Gasteiger partial charge in [0.05, 0.1) is 12.6 Å². The lowest BCUT2D eigenvalue weighted by Crippen LogP contribution is -2.68. The average molecular weight is 361 g/mol. The van der Waals surface area contributed by atoms with Crippen LogP contribution in [0.1, 0.15) is 49.1 Å². The van der Waals surface area contributed by atoms with Gasteiger partial charge in [-0.1, -0.05) is 61.4 Å². The Hall–Kier alpha value is -2.29. The highest BCUT2D eigenvalue weighted by molar-refractivity contribution is 5.85. The highest BCUT2D eigenvalue weighted by Gasteiger charge is 2.60. The number of rotatable bonds is 4. The molecule has 0 spiro atoms. The second-order valence-electron chi connectivity index (χ2n) is 8.37. The molecule has 3 aliphatic rings. The largest absolute Gasteiger partial charge is 0.496 e. The van der Waals surface area contributed by atoms with Gasteiger partial charge in [-0.2, -0.15) is 0 Å². The molecule has 0 radical (unpaired) electrons. The number of amides is 1. The van der Waals surface area contributed by atoms with E-state index in [0.717, 1.165) is 25.1 Å². The minimum atomic E-state index is -0.0511. The maximum Gasteiger partial charge on any atom is 0.227 e. The molecule has 4 atom stereocenters. The van der Waals surface area contributed by atoms with Gasteiger partial charge < -0.3 is 9.64 Å². The molecule has 2 aliphatic carbocycles.